The zero-order valence-electron chi connectivity index (χ0n) is 7.24. The molecule has 3 nitrogen and oxygen atoms in total. The van der Waals surface area contributed by atoms with Gasteiger partial charge in [0.25, 0.3) is 0 Å². The SMILES string of the molecule is CCn1cc(OC(C)C)cn1. The van der Waals surface area contributed by atoms with Gasteiger partial charge < -0.3 is 4.74 Å². The van der Waals surface area contributed by atoms with E-state index in [9.17, 15) is 0 Å². The van der Waals surface area contributed by atoms with Crippen molar-refractivity contribution in [1.29, 1.82) is 0 Å². The molecule has 0 saturated carbocycles. The topological polar surface area (TPSA) is 27.1 Å². The summed E-state index contributed by atoms with van der Waals surface area (Å²) in [6.07, 6.45) is 3.87. The van der Waals surface area contributed by atoms with E-state index in [0.717, 1.165) is 12.3 Å². The van der Waals surface area contributed by atoms with Crippen molar-refractivity contribution in [3.05, 3.63) is 12.4 Å². The van der Waals surface area contributed by atoms with Crippen molar-refractivity contribution in [3.8, 4) is 5.75 Å². The van der Waals surface area contributed by atoms with Crippen molar-refractivity contribution in [2.24, 2.45) is 0 Å². The molecule has 11 heavy (non-hydrogen) atoms. The van der Waals surface area contributed by atoms with Crippen molar-refractivity contribution in [3.63, 3.8) is 0 Å². The van der Waals surface area contributed by atoms with Gasteiger partial charge in [-0.1, -0.05) is 0 Å². The van der Waals surface area contributed by atoms with Gasteiger partial charge in [-0.05, 0) is 20.8 Å². The van der Waals surface area contributed by atoms with E-state index in [0.29, 0.717) is 0 Å². The summed E-state index contributed by atoms with van der Waals surface area (Å²) in [6, 6.07) is 0. The smallest absolute Gasteiger partial charge is 0.157 e. The van der Waals surface area contributed by atoms with Crippen LogP contribution in [0.25, 0.3) is 0 Å². The first kappa shape index (κ1) is 8.11. The first-order chi connectivity index (χ1) is 5.22. The van der Waals surface area contributed by atoms with Gasteiger partial charge in [0.05, 0.1) is 18.5 Å². The van der Waals surface area contributed by atoms with E-state index in [1.807, 2.05) is 31.6 Å². The van der Waals surface area contributed by atoms with Gasteiger partial charge in [0.2, 0.25) is 0 Å². The number of hydrogen-bond donors (Lipinski definition) is 0. The van der Waals surface area contributed by atoms with Gasteiger partial charge in [-0.2, -0.15) is 5.10 Å². The molecule has 0 aromatic carbocycles. The summed E-state index contributed by atoms with van der Waals surface area (Å²) in [5.41, 5.74) is 0. The highest BCUT2D eigenvalue weighted by molar-refractivity contribution is 5.11. The summed E-state index contributed by atoms with van der Waals surface area (Å²) in [7, 11) is 0. The quantitative estimate of drug-likeness (QED) is 0.662. The molecule has 0 saturated heterocycles. The Morgan fingerprint density at radius 1 is 1.64 bits per heavy atom. The number of aromatic nitrogens is 2. The van der Waals surface area contributed by atoms with Crippen LogP contribution in [0.15, 0.2) is 12.4 Å². The third-order valence-electron chi connectivity index (χ3n) is 1.31. The van der Waals surface area contributed by atoms with Crippen LogP contribution in [0.5, 0.6) is 5.75 Å². The first-order valence-corrected chi connectivity index (χ1v) is 3.91. The fourth-order valence-corrected chi connectivity index (χ4v) is 0.851. The lowest BCUT2D eigenvalue weighted by molar-refractivity contribution is 0.242. The normalized spacial score (nSPS) is 10.5. The van der Waals surface area contributed by atoms with Crippen molar-refractivity contribution in [1.82, 2.24) is 9.78 Å². The molecule has 1 heterocycles. The molecule has 0 unspecified atom stereocenters. The van der Waals surface area contributed by atoms with E-state index in [-0.39, 0.29) is 6.10 Å². The van der Waals surface area contributed by atoms with Crippen molar-refractivity contribution >= 4 is 0 Å². The number of hydrogen-bond acceptors (Lipinski definition) is 2. The molecule has 0 amide bonds. The average molecular weight is 154 g/mol. The van der Waals surface area contributed by atoms with Crippen molar-refractivity contribution in [2.45, 2.75) is 33.4 Å². The monoisotopic (exact) mass is 154 g/mol. The Kier molecular flexibility index (Phi) is 2.52. The molecule has 0 radical (unpaired) electrons. The van der Waals surface area contributed by atoms with Crippen molar-refractivity contribution in [2.75, 3.05) is 0 Å². The number of nitrogens with zero attached hydrogens (tertiary/aromatic N) is 2. The predicted molar refractivity (Wildman–Crippen MR) is 43.7 cm³/mol. The molecule has 0 aliphatic heterocycles. The highest BCUT2D eigenvalue weighted by Gasteiger charge is 1.99. The second-order valence-corrected chi connectivity index (χ2v) is 2.70. The number of rotatable bonds is 3. The third kappa shape index (κ3) is 2.26. The fourth-order valence-electron chi connectivity index (χ4n) is 0.851. The molecule has 1 aromatic rings. The molecule has 0 N–H and O–H groups in total. The van der Waals surface area contributed by atoms with E-state index in [1.165, 1.54) is 0 Å². The van der Waals surface area contributed by atoms with E-state index < -0.39 is 0 Å². The lowest BCUT2D eigenvalue weighted by Crippen LogP contribution is -2.04. The minimum absolute atomic E-state index is 0.226. The minimum Gasteiger partial charge on any atom is -0.488 e. The molecular formula is C8H14N2O. The predicted octanol–water partition coefficient (Wildman–Crippen LogP) is 1.69. The molecular weight excluding hydrogens is 140 g/mol. The summed E-state index contributed by atoms with van der Waals surface area (Å²) in [5.74, 6) is 0.849. The van der Waals surface area contributed by atoms with E-state index in [4.69, 9.17) is 4.74 Å². The van der Waals surface area contributed by atoms with E-state index >= 15 is 0 Å². The Labute approximate surface area is 67.0 Å². The van der Waals surface area contributed by atoms with Gasteiger partial charge in [-0.3, -0.25) is 4.68 Å². The van der Waals surface area contributed by atoms with Crippen LogP contribution in [0.4, 0.5) is 0 Å². The van der Waals surface area contributed by atoms with Gasteiger partial charge in [0, 0.05) is 6.54 Å². The van der Waals surface area contributed by atoms with Gasteiger partial charge in [0.1, 0.15) is 0 Å². The lowest BCUT2D eigenvalue weighted by Gasteiger charge is -2.04. The Bertz CT molecular complexity index is 218. The van der Waals surface area contributed by atoms with E-state index in [2.05, 4.69) is 5.10 Å². The van der Waals surface area contributed by atoms with Crippen molar-refractivity contribution < 1.29 is 4.74 Å². The molecule has 0 atom stereocenters. The van der Waals surface area contributed by atoms with Crippen LogP contribution in [0.3, 0.4) is 0 Å². The second-order valence-electron chi connectivity index (χ2n) is 2.70. The molecule has 0 aliphatic rings. The molecule has 0 spiro atoms. The van der Waals surface area contributed by atoms with Crippen LogP contribution in [0, 0.1) is 0 Å². The van der Waals surface area contributed by atoms with Gasteiger partial charge >= 0.3 is 0 Å². The molecule has 3 heteroatoms. The largest absolute Gasteiger partial charge is 0.488 e. The summed E-state index contributed by atoms with van der Waals surface area (Å²) in [4.78, 5) is 0. The Hall–Kier alpha value is -0.990. The van der Waals surface area contributed by atoms with Crippen LogP contribution >= 0.6 is 0 Å². The van der Waals surface area contributed by atoms with Gasteiger partial charge in [-0.25, -0.2) is 0 Å². The van der Waals surface area contributed by atoms with Gasteiger partial charge in [0.15, 0.2) is 5.75 Å². The molecule has 0 bridgehead atoms. The highest BCUT2D eigenvalue weighted by atomic mass is 16.5. The maximum atomic E-state index is 5.41. The van der Waals surface area contributed by atoms with E-state index in [1.54, 1.807) is 6.20 Å². The maximum Gasteiger partial charge on any atom is 0.157 e. The van der Waals surface area contributed by atoms with Crippen LogP contribution in [0.2, 0.25) is 0 Å². The number of aryl methyl sites for hydroxylation is 1. The Balaban J connectivity index is 2.58. The van der Waals surface area contributed by atoms with Crippen LogP contribution in [0.1, 0.15) is 20.8 Å². The maximum absolute atomic E-state index is 5.41. The molecule has 0 aliphatic carbocycles. The summed E-state index contributed by atoms with van der Waals surface area (Å²) >= 11 is 0. The fraction of sp³-hybridized carbons (Fsp3) is 0.625. The number of ether oxygens (including phenoxy) is 1. The summed E-state index contributed by atoms with van der Waals surface area (Å²) in [5, 5.41) is 4.08. The molecule has 0 fully saturated rings. The molecule has 62 valence electrons. The van der Waals surface area contributed by atoms with Gasteiger partial charge in [-0.15, -0.1) is 0 Å². The van der Waals surface area contributed by atoms with Crippen LogP contribution in [-0.2, 0) is 6.54 Å². The Morgan fingerprint density at radius 2 is 2.36 bits per heavy atom. The highest BCUT2D eigenvalue weighted by Crippen LogP contribution is 2.09. The average Bonchev–Trinajstić information content (AvgIpc) is 2.34. The van der Waals surface area contributed by atoms with Crippen LogP contribution < -0.4 is 4.74 Å². The Morgan fingerprint density at radius 3 is 2.82 bits per heavy atom. The second kappa shape index (κ2) is 3.42. The standard InChI is InChI=1S/C8H14N2O/c1-4-10-6-8(5-9-10)11-7(2)3/h5-7H,4H2,1-3H3. The zero-order chi connectivity index (χ0) is 8.27. The summed E-state index contributed by atoms with van der Waals surface area (Å²) in [6.45, 7) is 6.94. The molecule has 1 rings (SSSR count). The molecule has 1 aromatic heterocycles. The lowest BCUT2D eigenvalue weighted by atomic mass is 10.5. The van der Waals surface area contributed by atoms with Crippen LogP contribution in [-0.4, -0.2) is 15.9 Å². The minimum atomic E-state index is 0.226. The zero-order valence-corrected chi connectivity index (χ0v) is 7.24. The third-order valence-corrected chi connectivity index (χ3v) is 1.31. The first-order valence-electron chi connectivity index (χ1n) is 3.91. The summed E-state index contributed by atoms with van der Waals surface area (Å²) < 4.78 is 7.26.